The maximum Gasteiger partial charge on any atom is 0.233 e. The molecule has 0 saturated carbocycles. The molecule has 1 fully saturated rings. The molecule has 122 valence electrons. The van der Waals surface area contributed by atoms with Crippen molar-refractivity contribution in [2.24, 2.45) is 11.8 Å². The highest BCUT2D eigenvalue weighted by atomic mass is 35.5. The van der Waals surface area contributed by atoms with Crippen LogP contribution >= 0.6 is 11.6 Å². The van der Waals surface area contributed by atoms with Crippen LogP contribution in [0, 0.1) is 11.8 Å². The molecule has 0 radical (unpaired) electrons. The van der Waals surface area contributed by atoms with Crippen LogP contribution < -0.4 is 0 Å². The number of fused-ring (bicyclic) bond motifs is 1. The highest BCUT2D eigenvalue weighted by Crippen LogP contribution is 2.36. The lowest BCUT2D eigenvalue weighted by Gasteiger charge is -2.14. The van der Waals surface area contributed by atoms with Gasteiger partial charge in [-0.15, -0.1) is 0 Å². The average Bonchev–Trinajstić information content (AvgIpc) is 3.15. The molecule has 1 aliphatic heterocycles. The van der Waals surface area contributed by atoms with E-state index in [-0.39, 0.29) is 30.2 Å². The first kappa shape index (κ1) is 15.1. The molecule has 2 aromatic rings. The fraction of sp³-hybridized carbons (Fsp3) is 0.278. The van der Waals surface area contributed by atoms with Crippen LogP contribution in [0.25, 0.3) is 11.3 Å². The summed E-state index contributed by atoms with van der Waals surface area (Å²) < 4.78 is 5.71. The molecule has 5 nitrogen and oxygen atoms in total. The second-order valence-corrected chi connectivity index (χ2v) is 6.48. The van der Waals surface area contributed by atoms with Crippen molar-refractivity contribution in [2.75, 3.05) is 0 Å². The summed E-state index contributed by atoms with van der Waals surface area (Å²) in [5, 5.41) is 0.604. The Bertz CT molecular complexity index is 816. The third-order valence-corrected chi connectivity index (χ3v) is 4.79. The highest BCUT2D eigenvalue weighted by Gasteiger charge is 2.47. The number of imide groups is 1. The number of halogens is 1. The summed E-state index contributed by atoms with van der Waals surface area (Å²) in [6.45, 7) is 0.0746. The van der Waals surface area contributed by atoms with Crippen LogP contribution in [0.3, 0.4) is 0 Å². The van der Waals surface area contributed by atoms with E-state index in [0.717, 1.165) is 5.56 Å². The van der Waals surface area contributed by atoms with Crippen LogP contribution in [0.15, 0.2) is 47.0 Å². The van der Waals surface area contributed by atoms with Crippen molar-refractivity contribution in [1.29, 1.82) is 0 Å². The van der Waals surface area contributed by atoms with Gasteiger partial charge in [-0.2, -0.15) is 0 Å². The number of carbonyl (C=O) groups excluding carboxylic acids is 2. The smallest absolute Gasteiger partial charge is 0.233 e. The molecule has 0 spiro atoms. The van der Waals surface area contributed by atoms with E-state index < -0.39 is 0 Å². The molecule has 6 heteroatoms. The van der Waals surface area contributed by atoms with Gasteiger partial charge in [0.15, 0.2) is 5.76 Å². The molecule has 1 aromatic heterocycles. The van der Waals surface area contributed by atoms with Crippen molar-refractivity contribution < 1.29 is 14.0 Å². The number of aromatic nitrogens is 1. The Morgan fingerprint density at radius 1 is 1.17 bits per heavy atom. The maximum absolute atomic E-state index is 12.5. The van der Waals surface area contributed by atoms with E-state index in [1.54, 1.807) is 18.3 Å². The van der Waals surface area contributed by atoms with Crippen molar-refractivity contribution in [3.8, 4) is 11.3 Å². The van der Waals surface area contributed by atoms with Crippen LogP contribution in [0.2, 0.25) is 5.02 Å². The van der Waals surface area contributed by atoms with E-state index in [2.05, 4.69) is 4.98 Å². The third kappa shape index (κ3) is 2.55. The lowest BCUT2D eigenvalue weighted by molar-refractivity contribution is -0.140. The zero-order valence-electron chi connectivity index (χ0n) is 12.8. The number of hydrogen-bond acceptors (Lipinski definition) is 4. The number of nitrogens with zero attached hydrogens (tertiary/aromatic N) is 2. The van der Waals surface area contributed by atoms with Gasteiger partial charge in [-0.1, -0.05) is 35.9 Å². The first-order chi connectivity index (χ1) is 11.6. The molecule has 2 heterocycles. The fourth-order valence-corrected chi connectivity index (χ4v) is 3.51. The molecule has 24 heavy (non-hydrogen) atoms. The second kappa shape index (κ2) is 5.91. The van der Waals surface area contributed by atoms with Gasteiger partial charge >= 0.3 is 0 Å². The van der Waals surface area contributed by atoms with E-state index in [1.807, 2.05) is 24.3 Å². The summed E-state index contributed by atoms with van der Waals surface area (Å²) in [5.41, 5.74) is 0.804. The molecule has 2 amide bonds. The fourth-order valence-electron chi connectivity index (χ4n) is 3.32. The van der Waals surface area contributed by atoms with Gasteiger partial charge in [-0.3, -0.25) is 14.5 Å². The Labute approximate surface area is 143 Å². The largest absolute Gasteiger partial charge is 0.439 e. The van der Waals surface area contributed by atoms with Crippen LogP contribution in [0.5, 0.6) is 0 Å². The molecule has 1 aliphatic carbocycles. The number of hydrogen-bond donors (Lipinski definition) is 0. The van der Waals surface area contributed by atoms with E-state index in [1.165, 1.54) is 4.90 Å². The summed E-state index contributed by atoms with van der Waals surface area (Å²) in [4.78, 5) is 30.4. The van der Waals surface area contributed by atoms with Gasteiger partial charge in [0.2, 0.25) is 17.7 Å². The molecule has 4 rings (SSSR count). The minimum Gasteiger partial charge on any atom is -0.439 e. The summed E-state index contributed by atoms with van der Waals surface area (Å²) in [5.74, 6) is 0.187. The molecular formula is C18H15ClN2O3. The predicted octanol–water partition coefficient (Wildman–Crippen LogP) is 3.45. The summed E-state index contributed by atoms with van der Waals surface area (Å²) in [6.07, 6.45) is 6.78. The second-order valence-electron chi connectivity index (χ2n) is 6.05. The Morgan fingerprint density at radius 3 is 2.54 bits per heavy atom. The van der Waals surface area contributed by atoms with Crippen LogP contribution in [0.1, 0.15) is 18.7 Å². The summed E-state index contributed by atoms with van der Waals surface area (Å²) >= 11 is 5.98. The van der Waals surface area contributed by atoms with Crippen molar-refractivity contribution in [2.45, 2.75) is 19.4 Å². The highest BCUT2D eigenvalue weighted by molar-refractivity contribution is 6.30. The van der Waals surface area contributed by atoms with Gasteiger partial charge in [-0.25, -0.2) is 4.98 Å². The van der Waals surface area contributed by atoms with Gasteiger partial charge in [-0.05, 0) is 25.0 Å². The standard InChI is InChI=1S/C18H15ClN2O3/c19-12-5-3-4-11(8-12)15-9-20-16(24-15)10-21-17(22)13-6-1-2-7-14(13)18(21)23/h1-5,8-9,13-14H,6-7,10H2/t13-,14+. The van der Waals surface area contributed by atoms with Gasteiger partial charge in [0, 0.05) is 10.6 Å². The predicted molar refractivity (Wildman–Crippen MR) is 87.9 cm³/mol. The zero-order valence-corrected chi connectivity index (χ0v) is 13.6. The van der Waals surface area contributed by atoms with Gasteiger partial charge in [0.05, 0.1) is 18.0 Å². The summed E-state index contributed by atoms with van der Waals surface area (Å²) in [7, 11) is 0. The van der Waals surface area contributed by atoms with Crippen LogP contribution in [0.4, 0.5) is 0 Å². The maximum atomic E-state index is 12.5. The lowest BCUT2D eigenvalue weighted by atomic mass is 9.85. The molecule has 1 aromatic carbocycles. The molecular weight excluding hydrogens is 328 g/mol. The Balaban J connectivity index is 1.54. The number of allylic oxidation sites excluding steroid dienone is 2. The van der Waals surface area contributed by atoms with E-state index in [0.29, 0.717) is 29.5 Å². The van der Waals surface area contributed by atoms with Gasteiger partial charge in [0.1, 0.15) is 6.54 Å². The molecule has 1 saturated heterocycles. The Morgan fingerprint density at radius 2 is 1.88 bits per heavy atom. The SMILES string of the molecule is O=C1[C@H]2CC=CC[C@H]2C(=O)N1Cc1ncc(-c2cccc(Cl)c2)o1. The quantitative estimate of drug-likeness (QED) is 0.633. The van der Waals surface area contributed by atoms with Gasteiger partial charge < -0.3 is 4.42 Å². The van der Waals surface area contributed by atoms with Crippen LogP contribution in [-0.4, -0.2) is 21.7 Å². The first-order valence-corrected chi connectivity index (χ1v) is 8.22. The number of benzene rings is 1. The van der Waals surface area contributed by atoms with Gasteiger partial charge in [0.25, 0.3) is 0 Å². The zero-order chi connectivity index (χ0) is 16.7. The monoisotopic (exact) mass is 342 g/mol. The van der Waals surface area contributed by atoms with Crippen molar-refractivity contribution in [3.63, 3.8) is 0 Å². The van der Waals surface area contributed by atoms with E-state index >= 15 is 0 Å². The normalized spacial score (nSPS) is 23.0. The molecule has 0 bridgehead atoms. The molecule has 2 aliphatic rings. The number of carbonyl (C=O) groups is 2. The molecule has 2 atom stereocenters. The topological polar surface area (TPSA) is 63.4 Å². The van der Waals surface area contributed by atoms with Crippen LogP contribution in [-0.2, 0) is 16.1 Å². The Kier molecular flexibility index (Phi) is 3.73. The molecule has 0 N–H and O–H groups in total. The van der Waals surface area contributed by atoms with E-state index in [9.17, 15) is 9.59 Å². The summed E-state index contributed by atoms with van der Waals surface area (Å²) in [6, 6.07) is 7.24. The van der Waals surface area contributed by atoms with Crippen molar-refractivity contribution in [3.05, 3.63) is 53.5 Å². The first-order valence-electron chi connectivity index (χ1n) is 7.84. The average molecular weight is 343 g/mol. The van der Waals surface area contributed by atoms with Crippen molar-refractivity contribution in [1.82, 2.24) is 9.88 Å². The van der Waals surface area contributed by atoms with Crippen molar-refractivity contribution >= 4 is 23.4 Å². The number of amides is 2. The minimum atomic E-state index is -0.232. The molecule has 0 unspecified atom stereocenters. The third-order valence-electron chi connectivity index (χ3n) is 4.55. The Hall–Kier alpha value is -2.40. The van der Waals surface area contributed by atoms with E-state index in [4.69, 9.17) is 16.0 Å². The number of likely N-dealkylation sites (tertiary alicyclic amines) is 1. The lowest BCUT2D eigenvalue weighted by Crippen LogP contribution is -2.30. The number of rotatable bonds is 3. The number of oxazole rings is 1. The minimum absolute atomic E-state index is 0.0746.